The van der Waals surface area contributed by atoms with E-state index >= 15 is 0 Å². The van der Waals surface area contributed by atoms with Crippen molar-refractivity contribution in [1.82, 2.24) is 15.0 Å². The first-order chi connectivity index (χ1) is 12.5. The highest BCUT2D eigenvalue weighted by atomic mass is 16.5. The number of benzene rings is 1. The Balaban J connectivity index is 1.81. The minimum absolute atomic E-state index is 0.240. The van der Waals surface area contributed by atoms with Gasteiger partial charge in [-0.15, -0.1) is 5.10 Å². The molecule has 2 aromatic rings. The number of carbonyl (C=O) groups is 1. The van der Waals surface area contributed by atoms with E-state index in [1.165, 1.54) is 23.3 Å². The van der Waals surface area contributed by atoms with E-state index < -0.39 is 5.97 Å². The van der Waals surface area contributed by atoms with Crippen molar-refractivity contribution in [2.75, 3.05) is 6.61 Å². The predicted octanol–water partition coefficient (Wildman–Crippen LogP) is 4.17. The highest BCUT2D eigenvalue weighted by Crippen LogP contribution is 2.10. The van der Waals surface area contributed by atoms with Crippen LogP contribution in [0.5, 0.6) is 0 Å². The third kappa shape index (κ3) is 6.29. The van der Waals surface area contributed by atoms with Crippen LogP contribution in [0.15, 0.2) is 53.8 Å². The van der Waals surface area contributed by atoms with E-state index in [1.807, 2.05) is 0 Å². The summed E-state index contributed by atoms with van der Waals surface area (Å²) in [4.78, 5) is 10.9. The van der Waals surface area contributed by atoms with Crippen LogP contribution >= 0.6 is 0 Å². The van der Waals surface area contributed by atoms with E-state index in [9.17, 15) is 4.79 Å². The van der Waals surface area contributed by atoms with E-state index in [4.69, 9.17) is 9.84 Å². The number of allylic oxidation sites excluding steroid dienone is 3. The van der Waals surface area contributed by atoms with Gasteiger partial charge in [0, 0.05) is 0 Å². The average molecular weight is 355 g/mol. The zero-order valence-corrected chi connectivity index (χ0v) is 15.5. The standard InChI is InChI=1S/C20H25N3O3/c1-15(2)5-4-6-16(3)11-12-26-14-18-13-23(22-21-18)19-9-7-17(8-10-19)20(24)25/h5,7-11,13H,4,6,12,14H2,1-3H3,(H,24,25)/b16-11+. The predicted molar refractivity (Wildman–Crippen MR) is 100 cm³/mol. The number of aromatic nitrogens is 3. The van der Waals surface area contributed by atoms with Crippen LogP contribution in [0.4, 0.5) is 0 Å². The van der Waals surface area contributed by atoms with Gasteiger partial charge in [0.25, 0.3) is 0 Å². The van der Waals surface area contributed by atoms with Gasteiger partial charge in [0.2, 0.25) is 0 Å². The van der Waals surface area contributed by atoms with Crippen molar-refractivity contribution in [3.63, 3.8) is 0 Å². The Morgan fingerprint density at radius 1 is 1.19 bits per heavy atom. The molecule has 0 bridgehead atoms. The van der Waals surface area contributed by atoms with Gasteiger partial charge in [0.15, 0.2) is 0 Å². The summed E-state index contributed by atoms with van der Waals surface area (Å²) in [5, 5.41) is 17.1. The summed E-state index contributed by atoms with van der Waals surface area (Å²) in [6.45, 7) is 7.25. The number of hydrogen-bond donors (Lipinski definition) is 1. The maximum atomic E-state index is 10.9. The Morgan fingerprint density at radius 2 is 1.92 bits per heavy atom. The lowest BCUT2D eigenvalue weighted by Gasteiger charge is -2.01. The molecule has 0 spiro atoms. The summed E-state index contributed by atoms with van der Waals surface area (Å²) >= 11 is 0. The molecule has 0 aliphatic carbocycles. The molecular formula is C20H25N3O3. The van der Waals surface area contributed by atoms with Crippen molar-refractivity contribution >= 4 is 5.97 Å². The van der Waals surface area contributed by atoms with Gasteiger partial charge in [0.1, 0.15) is 5.69 Å². The van der Waals surface area contributed by atoms with Crippen molar-refractivity contribution in [2.45, 2.75) is 40.2 Å². The molecular weight excluding hydrogens is 330 g/mol. The molecule has 1 aromatic heterocycles. The second kappa shape index (κ2) is 9.68. The largest absolute Gasteiger partial charge is 0.478 e. The number of aromatic carboxylic acids is 1. The Hall–Kier alpha value is -2.73. The SMILES string of the molecule is CC(C)=CCC/C(C)=C/COCc1cn(-c2ccc(C(=O)O)cc2)nn1. The zero-order chi connectivity index (χ0) is 18.9. The summed E-state index contributed by atoms with van der Waals surface area (Å²) in [6, 6.07) is 6.47. The average Bonchev–Trinajstić information content (AvgIpc) is 3.07. The molecule has 0 atom stereocenters. The van der Waals surface area contributed by atoms with Crippen molar-refractivity contribution in [3.8, 4) is 5.69 Å². The van der Waals surface area contributed by atoms with Crippen LogP contribution in [0.2, 0.25) is 0 Å². The first-order valence-electron chi connectivity index (χ1n) is 8.57. The molecule has 1 heterocycles. The Labute approximate surface area is 153 Å². The molecule has 2 rings (SSSR count). The van der Waals surface area contributed by atoms with Crippen molar-refractivity contribution in [3.05, 3.63) is 65.0 Å². The fourth-order valence-corrected chi connectivity index (χ4v) is 2.30. The molecule has 6 heteroatoms. The van der Waals surface area contributed by atoms with Gasteiger partial charge in [0.05, 0.1) is 30.7 Å². The summed E-state index contributed by atoms with van der Waals surface area (Å²) in [6.07, 6.45) is 8.20. The molecule has 26 heavy (non-hydrogen) atoms. The summed E-state index contributed by atoms with van der Waals surface area (Å²) in [5.74, 6) is -0.951. The molecule has 1 aromatic carbocycles. The lowest BCUT2D eigenvalue weighted by molar-refractivity contribution is 0.0697. The number of carboxylic acids is 1. The second-order valence-electron chi connectivity index (χ2n) is 6.39. The zero-order valence-electron chi connectivity index (χ0n) is 15.5. The maximum absolute atomic E-state index is 10.9. The fraction of sp³-hybridized carbons (Fsp3) is 0.350. The van der Waals surface area contributed by atoms with Crippen LogP contribution < -0.4 is 0 Å². The van der Waals surface area contributed by atoms with Gasteiger partial charge >= 0.3 is 5.97 Å². The summed E-state index contributed by atoms with van der Waals surface area (Å²) < 4.78 is 7.23. The number of nitrogens with zero attached hydrogens (tertiary/aromatic N) is 3. The van der Waals surface area contributed by atoms with Crippen molar-refractivity contribution < 1.29 is 14.6 Å². The number of ether oxygens (including phenoxy) is 1. The lowest BCUT2D eigenvalue weighted by atomic mass is 10.1. The van der Waals surface area contributed by atoms with Crippen molar-refractivity contribution in [2.24, 2.45) is 0 Å². The van der Waals surface area contributed by atoms with Crippen LogP contribution in [0.3, 0.4) is 0 Å². The summed E-state index contributed by atoms with van der Waals surface area (Å²) in [5.41, 5.74) is 4.37. The van der Waals surface area contributed by atoms with Crippen LogP contribution in [0.1, 0.15) is 49.7 Å². The molecule has 1 N–H and O–H groups in total. The molecule has 0 fully saturated rings. The molecule has 0 amide bonds. The topological polar surface area (TPSA) is 77.2 Å². The van der Waals surface area contributed by atoms with Crippen LogP contribution in [0, 0.1) is 0 Å². The number of rotatable bonds is 9. The van der Waals surface area contributed by atoms with E-state index in [2.05, 4.69) is 43.2 Å². The van der Waals surface area contributed by atoms with Crippen molar-refractivity contribution in [1.29, 1.82) is 0 Å². The first-order valence-corrected chi connectivity index (χ1v) is 8.57. The quantitative estimate of drug-likeness (QED) is 0.539. The van der Waals surface area contributed by atoms with Crippen LogP contribution in [-0.2, 0) is 11.3 Å². The molecule has 0 saturated carbocycles. The van der Waals surface area contributed by atoms with Gasteiger partial charge in [-0.2, -0.15) is 0 Å². The molecule has 138 valence electrons. The highest BCUT2D eigenvalue weighted by Gasteiger charge is 2.05. The second-order valence-corrected chi connectivity index (χ2v) is 6.39. The number of hydrogen-bond acceptors (Lipinski definition) is 4. The van der Waals surface area contributed by atoms with E-state index in [0.29, 0.717) is 13.2 Å². The first kappa shape index (κ1) is 19.6. The molecule has 0 unspecified atom stereocenters. The Bertz CT molecular complexity index is 785. The molecule has 6 nitrogen and oxygen atoms in total. The third-order valence-electron chi connectivity index (χ3n) is 3.81. The minimum atomic E-state index is -0.951. The van der Waals surface area contributed by atoms with E-state index in [1.54, 1.807) is 23.0 Å². The lowest BCUT2D eigenvalue weighted by Crippen LogP contribution is -1.98. The maximum Gasteiger partial charge on any atom is 0.335 e. The minimum Gasteiger partial charge on any atom is -0.478 e. The smallest absolute Gasteiger partial charge is 0.335 e. The fourth-order valence-electron chi connectivity index (χ4n) is 2.30. The molecule has 0 radical (unpaired) electrons. The van der Waals surface area contributed by atoms with E-state index in [-0.39, 0.29) is 5.56 Å². The Kier molecular flexibility index (Phi) is 7.29. The van der Waals surface area contributed by atoms with Crippen LogP contribution in [-0.4, -0.2) is 32.7 Å². The normalized spacial score (nSPS) is 11.4. The van der Waals surface area contributed by atoms with Gasteiger partial charge in [-0.05, 0) is 57.9 Å². The van der Waals surface area contributed by atoms with Gasteiger partial charge in [-0.3, -0.25) is 0 Å². The monoisotopic (exact) mass is 355 g/mol. The molecule has 0 aliphatic heterocycles. The third-order valence-corrected chi connectivity index (χ3v) is 3.81. The van der Waals surface area contributed by atoms with Crippen LogP contribution in [0.25, 0.3) is 5.69 Å². The number of carboxylic acid groups (broad SMARTS) is 1. The van der Waals surface area contributed by atoms with E-state index in [0.717, 1.165) is 24.2 Å². The highest BCUT2D eigenvalue weighted by molar-refractivity contribution is 5.87. The Morgan fingerprint density at radius 3 is 2.58 bits per heavy atom. The van der Waals surface area contributed by atoms with Gasteiger partial charge in [-0.25, -0.2) is 9.48 Å². The van der Waals surface area contributed by atoms with Gasteiger partial charge < -0.3 is 9.84 Å². The molecule has 0 aliphatic rings. The molecule has 0 saturated heterocycles. The summed E-state index contributed by atoms with van der Waals surface area (Å²) in [7, 11) is 0. The van der Waals surface area contributed by atoms with Gasteiger partial charge in [-0.1, -0.05) is 28.5 Å².